The van der Waals surface area contributed by atoms with Crippen LogP contribution in [0.1, 0.15) is 43.5 Å². The Morgan fingerprint density at radius 1 is 1.45 bits per heavy atom. The van der Waals surface area contributed by atoms with Crippen LogP contribution in [0.25, 0.3) is 0 Å². The molecule has 0 amide bonds. The molecule has 0 aliphatic carbocycles. The van der Waals surface area contributed by atoms with Crippen LogP contribution >= 0.6 is 15.9 Å². The minimum absolute atomic E-state index is 0.182. The van der Waals surface area contributed by atoms with Gasteiger partial charge in [0.1, 0.15) is 5.76 Å². The molecular formula is C15H22BrN3O. The molecule has 2 heterocycles. The van der Waals surface area contributed by atoms with Gasteiger partial charge in [0.05, 0.1) is 28.2 Å². The van der Waals surface area contributed by atoms with Crippen LogP contribution < -0.4 is 5.32 Å². The molecule has 0 bridgehead atoms. The lowest BCUT2D eigenvalue weighted by Gasteiger charge is -2.16. The monoisotopic (exact) mass is 339 g/mol. The summed E-state index contributed by atoms with van der Waals surface area (Å²) in [5.41, 5.74) is 2.31. The Hall–Kier alpha value is -1.07. The summed E-state index contributed by atoms with van der Waals surface area (Å²) in [4.78, 5) is 0. The van der Waals surface area contributed by atoms with E-state index in [1.54, 1.807) is 6.26 Å². The van der Waals surface area contributed by atoms with E-state index in [0.717, 1.165) is 41.7 Å². The molecule has 0 fully saturated rings. The smallest absolute Gasteiger partial charge is 0.121 e. The van der Waals surface area contributed by atoms with Crippen molar-refractivity contribution in [2.75, 3.05) is 6.54 Å². The molecule has 2 aromatic rings. The van der Waals surface area contributed by atoms with Crippen molar-refractivity contribution in [1.29, 1.82) is 0 Å². The van der Waals surface area contributed by atoms with Gasteiger partial charge in [-0.3, -0.25) is 4.68 Å². The van der Waals surface area contributed by atoms with Gasteiger partial charge in [0.15, 0.2) is 0 Å². The number of furan rings is 1. The summed E-state index contributed by atoms with van der Waals surface area (Å²) in [6.45, 7) is 5.26. The van der Waals surface area contributed by atoms with Crippen molar-refractivity contribution < 1.29 is 4.42 Å². The molecule has 20 heavy (non-hydrogen) atoms. The fraction of sp³-hybridized carbons (Fsp3) is 0.533. The van der Waals surface area contributed by atoms with Gasteiger partial charge in [-0.15, -0.1) is 0 Å². The van der Waals surface area contributed by atoms with Gasteiger partial charge in [-0.1, -0.05) is 13.8 Å². The fourth-order valence-electron chi connectivity index (χ4n) is 2.32. The number of aryl methyl sites for hydroxylation is 2. The molecule has 110 valence electrons. The summed E-state index contributed by atoms with van der Waals surface area (Å²) in [7, 11) is 2.00. The Kier molecular flexibility index (Phi) is 5.43. The molecule has 0 radical (unpaired) electrons. The third-order valence-electron chi connectivity index (χ3n) is 3.43. The van der Waals surface area contributed by atoms with Gasteiger partial charge >= 0.3 is 0 Å². The van der Waals surface area contributed by atoms with Crippen molar-refractivity contribution in [3.05, 3.63) is 40.0 Å². The van der Waals surface area contributed by atoms with Crippen LogP contribution in [-0.4, -0.2) is 16.3 Å². The highest BCUT2D eigenvalue weighted by atomic mass is 79.9. The molecular weight excluding hydrogens is 318 g/mol. The zero-order chi connectivity index (χ0) is 14.5. The highest BCUT2D eigenvalue weighted by Gasteiger charge is 2.20. The zero-order valence-electron chi connectivity index (χ0n) is 12.3. The average molecular weight is 340 g/mol. The third kappa shape index (κ3) is 3.33. The lowest BCUT2D eigenvalue weighted by Crippen LogP contribution is -2.24. The molecule has 2 rings (SSSR count). The van der Waals surface area contributed by atoms with Gasteiger partial charge in [-0.2, -0.15) is 5.10 Å². The van der Waals surface area contributed by atoms with Crippen LogP contribution in [0.4, 0.5) is 0 Å². The van der Waals surface area contributed by atoms with Gasteiger partial charge in [0.2, 0.25) is 0 Å². The summed E-state index contributed by atoms with van der Waals surface area (Å²) in [6.07, 6.45) is 4.62. The summed E-state index contributed by atoms with van der Waals surface area (Å²) < 4.78 is 8.66. The van der Waals surface area contributed by atoms with Gasteiger partial charge < -0.3 is 9.73 Å². The summed E-state index contributed by atoms with van der Waals surface area (Å²) in [6, 6.07) is 4.14. The van der Waals surface area contributed by atoms with Gasteiger partial charge in [0.25, 0.3) is 0 Å². The molecule has 1 unspecified atom stereocenters. The van der Waals surface area contributed by atoms with E-state index in [2.05, 4.69) is 40.2 Å². The molecule has 4 nitrogen and oxygen atoms in total. The van der Waals surface area contributed by atoms with E-state index in [9.17, 15) is 0 Å². The minimum Gasteiger partial charge on any atom is -0.468 e. The van der Waals surface area contributed by atoms with E-state index in [1.807, 2.05) is 23.9 Å². The lowest BCUT2D eigenvalue weighted by molar-refractivity contribution is 0.404. The number of nitrogens with one attached hydrogen (secondary N) is 1. The number of nitrogens with zero attached hydrogens (tertiary/aromatic N) is 2. The number of rotatable bonds is 7. The maximum Gasteiger partial charge on any atom is 0.121 e. The van der Waals surface area contributed by atoms with Crippen molar-refractivity contribution in [2.24, 2.45) is 7.05 Å². The second-order valence-corrected chi connectivity index (χ2v) is 5.70. The van der Waals surface area contributed by atoms with Crippen molar-refractivity contribution >= 4 is 15.9 Å². The Labute approximate surface area is 128 Å². The standard InChI is InChI=1S/C15H22BrN3O/c1-4-8-17-12(14-7-6-9-20-14)10-13-15(16)11(5-2)18-19(13)3/h6-7,9,12,17H,4-5,8,10H2,1-3H3. The number of hydrogen-bond acceptors (Lipinski definition) is 3. The normalized spacial score (nSPS) is 12.8. The van der Waals surface area contributed by atoms with Gasteiger partial charge in [-0.05, 0) is 47.4 Å². The average Bonchev–Trinajstić information content (AvgIpc) is 3.05. The highest BCUT2D eigenvalue weighted by molar-refractivity contribution is 9.10. The maximum atomic E-state index is 5.57. The molecule has 5 heteroatoms. The van der Waals surface area contributed by atoms with Crippen molar-refractivity contribution in [3.63, 3.8) is 0 Å². The largest absolute Gasteiger partial charge is 0.468 e. The first-order valence-corrected chi connectivity index (χ1v) is 7.93. The first-order chi connectivity index (χ1) is 9.67. The predicted molar refractivity (Wildman–Crippen MR) is 83.7 cm³/mol. The number of hydrogen-bond donors (Lipinski definition) is 1. The SMILES string of the molecule is CCCNC(Cc1c(Br)c(CC)nn1C)c1ccco1. The summed E-state index contributed by atoms with van der Waals surface area (Å²) in [5, 5.41) is 8.10. The van der Waals surface area contributed by atoms with Crippen LogP contribution in [0.3, 0.4) is 0 Å². The van der Waals surface area contributed by atoms with E-state index < -0.39 is 0 Å². The van der Waals surface area contributed by atoms with Crippen molar-refractivity contribution in [1.82, 2.24) is 15.1 Å². The lowest BCUT2D eigenvalue weighted by atomic mass is 10.1. The van der Waals surface area contributed by atoms with Crippen LogP contribution in [0.5, 0.6) is 0 Å². The Balaban J connectivity index is 2.21. The molecule has 0 aliphatic rings. The fourth-order valence-corrected chi connectivity index (χ4v) is 3.09. The van der Waals surface area contributed by atoms with E-state index in [-0.39, 0.29) is 6.04 Å². The van der Waals surface area contributed by atoms with Gasteiger partial charge in [0, 0.05) is 13.5 Å². The molecule has 0 spiro atoms. The van der Waals surface area contributed by atoms with E-state index in [4.69, 9.17) is 4.42 Å². The molecule has 0 saturated heterocycles. The second-order valence-electron chi connectivity index (χ2n) is 4.91. The molecule has 0 saturated carbocycles. The number of aromatic nitrogens is 2. The van der Waals surface area contributed by atoms with Crippen LogP contribution in [0.2, 0.25) is 0 Å². The quantitative estimate of drug-likeness (QED) is 0.837. The van der Waals surface area contributed by atoms with E-state index >= 15 is 0 Å². The highest BCUT2D eigenvalue weighted by Crippen LogP contribution is 2.27. The Bertz CT molecular complexity index is 534. The molecule has 0 aliphatic heterocycles. The van der Waals surface area contributed by atoms with Crippen LogP contribution in [0.15, 0.2) is 27.3 Å². The number of halogens is 1. The third-order valence-corrected chi connectivity index (χ3v) is 4.34. The van der Waals surface area contributed by atoms with E-state index in [1.165, 1.54) is 5.69 Å². The minimum atomic E-state index is 0.182. The molecule has 1 N–H and O–H groups in total. The molecule has 1 atom stereocenters. The summed E-state index contributed by atoms with van der Waals surface area (Å²) >= 11 is 3.68. The van der Waals surface area contributed by atoms with Crippen molar-refractivity contribution in [2.45, 2.75) is 39.2 Å². The first kappa shape index (κ1) is 15.3. The zero-order valence-corrected chi connectivity index (χ0v) is 13.9. The summed E-state index contributed by atoms with van der Waals surface area (Å²) in [5.74, 6) is 0.976. The molecule has 2 aromatic heterocycles. The first-order valence-electron chi connectivity index (χ1n) is 7.14. The van der Waals surface area contributed by atoms with Crippen LogP contribution in [-0.2, 0) is 19.9 Å². The predicted octanol–water partition coefficient (Wildman–Crippen LogP) is 3.62. The van der Waals surface area contributed by atoms with Crippen molar-refractivity contribution in [3.8, 4) is 0 Å². The van der Waals surface area contributed by atoms with Crippen LogP contribution in [0, 0.1) is 0 Å². The Morgan fingerprint density at radius 2 is 2.25 bits per heavy atom. The topological polar surface area (TPSA) is 43.0 Å². The van der Waals surface area contributed by atoms with E-state index in [0.29, 0.717) is 0 Å². The molecule has 0 aromatic carbocycles. The maximum absolute atomic E-state index is 5.57. The second kappa shape index (κ2) is 7.09. The Morgan fingerprint density at radius 3 is 2.80 bits per heavy atom. The van der Waals surface area contributed by atoms with Gasteiger partial charge in [-0.25, -0.2) is 0 Å².